The summed E-state index contributed by atoms with van der Waals surface area (Å²) in [4.78, 5) is 0. The van der Waals surface area contributed by atoms with Gasteiger partial charge in [-0.25, -0.2) is 0 Å². The van der Waals surface area contributed by atoms with E-state index in [0.717, 1.165) is 25.1 Å². The second kappa shape index (κ2) is 9.26. The molecule has 0 spiro atoms. The molecule has 0 bridgehead atoms. The first-order valence-corrected chi connectivity index (χ1v) is 6.45. The van der Waals surface area contributed by atoms with Crippen LogP contribution in [-0.4, -0.2) is 31.5 Å². The van der Waals surface area contributed by atoms with Gasteiger partial charge in [-0.2, -0.15) is 0 Å². The highest BCUT2D eigenvalue weighted by atomic mass is 16.5. The third-order valence-corrected chi connectivity index (χ3v) is 2.46. The highest BCUT2D eigenvalue weighted by Crippen LogP contribution is 2.28. The van der Waals surface area contributed by atoms with Gasteiger partial charge in [0.2, 0.25) is 0 Å². The van der Waals surface area contributed by atoms with E-state index in [0.29, 0.717) is 18.1 Å². The fourth-order valence-electron chi connectivity index (χ4n) is 1.61. The van der Waals surface area contributed by atoms with E-state index >= 15 is 0 Å². The molecule has 0 aliphatic heterocycles. The van der Waals surface area contributed by atoms with Crippen LogP contribution in [-0.2, 0) is 6.54 Å². The Kier molecular flexibility index (Phi) is 7.48. The van der Waals surface area contributed by atoms with Gasteiger partial charge < -0.3 is 19.9 Å². The Hall–Kier alpha value is -1.70. The van der Waals surface area contributed by atoms with Gasteiger partial charge in [0, 0.05) is 13.2 Å². The highest BCUT2D eigenvalue weighted by molar-refractivity contribution is 5.43. The molecule has 2 N–H and O–H groups in total. The molecule has 0 unspecified atom stereocenters. The number of rotatable bonds is 9. The summed E-state index contributed by atoms with van der Waals surface area (Å²) in [5.74, 6) is 3.81. The van der Waals surface area contributed by atoms with Crippen molar-refractivity contribution in [2.24, 2.45) is 0 Å². The zero-order chi connectivity index (χ0) is 13.9. The molecule has 0 saturated heterocycles. The van der Waals surface area contributed by atoms with E-state index in [2.05, 4.69) is 11.2 Å². The molecule has 1 aromatic rings. The first-order chi connectivity index (χ1) is 9.31. The Morgan fingerprint density at radius 2 is 2.16 bits per heavy atom. The van der Waals surface area contributed by atoms with E-state index in [1.165, 1.54) is 0 Å². The van der Waals surface area contributed by atoms with Crippen LogP contribution in [0.4, 0.5) is 0 Å². The van der Waals surface area contributed by atoms with Crippen molar-refractivity contribution in [3.63, 3.8) is 0 Å². The molecule has 0 atom stereocenters. The zero-order valence-electron chi connectivity index (χ0n) is 11.3. The minimum Gasteiger partial charge on any atom is -0.490 e. The van der Waals surface area contributed by atoms with Crippen molar-refractivity contribution < 1.29 is 14.6 Å². The van der Waals surface area contributed by atoms with Gasteiger partial charge >= 0.3 is 0 Å². The molecule has 0 aromatic heterocycles. The molecule has 19 heavy (non-hydrogen) atoms. The van der Waals surface area contributed by atoms with Crippen molar-refractivity contribution in [1.29, 1.82) is 0 Å². The molecule has 1 aromatic carbocycles. The second-order valence-electron chi connectivity index (χ2n) is 3.96. The normalized spacial score (nSPS) is 9.95. The predicted molar refractivity (Wildman–Crippen MR) is 75.3 cm³/mol. The molecule has 0 amide bonds. The molecule has 1 rings (SSSR count). The van der Waals surface area contributed by atoms with Crippen LogP contribution in [0.15, 0.2) is 18.2 Å². The van der Waals surface area contributed by atoms with Gasteiger partial charge in [-0.1, -0.05) is 12.0 Å². The van der Waals surface area contributed by atoms with Gasteiger partial charge in [0.15, 0.2) is 11.5 Å². The molecule has 4 nitrogen and oxygen atoms in total. The van der Waals surface area contributed by atoms with Gasteiger partial charge in [-0.3, -0.25) is 0 Å². The highest BCUT2D eigenvalue weighted by Gasteiger charge is 2.06. The maximum Gasteiger partial charge on any atom is 0.162 e. The Morgan fingerprint density at radius 1 is 1.32 bits per heavy atom. The summed E-state index contributed by atoms with van der Waals surface area (Å²) in [6.07, 6.45) is 5.93. The topological polar surface area (TPSA) is 50.7 Å². The molecular weight excluding hydrogens is 242 g/mol. The monoisotopic (exact) mass is 263 g/mol. The maximum absolute atomic E-state index is 8.70. The number of aliphatic hydroxyl groups is 1. The molecular formula is C15H21NO3. The summed E-state index contributed by atoms with van der Waals surface area (Å²) < 4.78 is 11.0. The van der Waals surface area contributed by atoms with Crippen LogP contribution in [0.2, 0.25) is 0 Å². The summed E-state index contributed by atoms with van der Waals surface area (Å²) in [5, 5.41) is 11.9. The molecule has 0 fully saturated rings. The van der Waals surface area contributed by atoms with Crippen LogP contribution < -0.4 is 14.8 Å². The third-order valence-electron chi connectivity index (χ3n) is 2.46. The lowest BCUT2D eigenvalue weighted by Crippen LogP contribution is -2.15. The van der Waals surface area contributed by atoms with Crippen molar-refractivity contribution in [3.05, 3.63) is 23.8 Å². The van der Waals surface area contributed by atoms with Crippen molar-refractivity contribution in [3.8, 4) is 23.8 Å². The summed E-state index contributed by atoms with van der Waals surface area (Å²) in [6.45, 7) is 4.46. The lowest BCUT2D eigenvalue weighted by atomic mass is 10.2. The smallest absolute Gasteiger partial charge is 0.162 e. The number of hydrogen-bond acceptors (Lipinski definition) is 4. The average molecular weight is 263 g/mol. The summed E-state index contributed by atoms with van der Waals surface area (Å²) in [7, 11) is 0. The Balaban J connectivity index is 2.63. The van der Waals surface area contributed by atoms with Crippen LogP contribution in [0.3, 0.4) is 0 Å². The number of ether oxygens (including phenoxy) is 2. The van der Waals surface area contributed by atoms with Crippen LogP contribution in [0.25, 0.3) is 0 Å². The van der Waals surface area contributed by atoms with E-state index in [-0.39, 0.29) is 13.2 Å². The fraction of sp³-hybridized carbons (Fsp3) is 0.467. The number of nitrogens with one attached hydrogen (secondary N) is 1. The first kappa shape index (κ1) is 15.4. The molecule has 0 heterocycles. The SMILES string of the molecule is C#CCOc1ccc(CNCCCO)cc1OCC. The summed E-state index contributed by atoms with van der Waals surface area (Å²) in [5.41, 5.74) is 1.11. The second-order valence-corrected chi connectivity index (χ2v) is 3.96. The summed E-state index contributed by atoms with van der Waals surface area (Å²) in [6, 6.07) is 5.78. The van der Waals surface area contributed by atoms with Gasteiger partial charge in [-0.05, 0) is 37.6 Å². The quantitative estimate of drug-likeness (QED) is 0.524. The van der Waals surface area contributed by atoms with Gasteiger partial charge in [0.1, 0.15) is 6.61 Å². The van der Waals surface area contributed by atoms with E-state index in [9.17, 15) is 0 Å². The molecule has 4 heteroatoms. The lowest BCUT2D eigenvalue weighted by molar-refractivity contribution is 0.286. The van der Waals surface area contributed by atoms with Crippen LogP contribution >= 0.6 is 0 Å². The summed E-state index contributed by atoms with van der Waals surface area (Å²) >= 11 is 0. The number of terminal acetylenes is 1. The number of aliphatic hydroxyl groups excluding tert-OH is 1. The Labute approximate surface area is 114 Å². The molecule has 0 aliphatic rings. The number of benzene rings is 1. The van der Waals surface area contributed by atoms with E-state index in [4.69, 9.17) is 21.0 Å². The van der Waals surface area contributed by atoms with E-state index in [1.807, 2.05) is 25.1 Å². The molecule has 0 radical (unpaired) electrons. The lowest BCUT2D eigenvalue weighted by Gasteiger charge is -2.12. The molecule has 0 saturated carbocycles. The Bertz CT molecular complexity index is 412. The van der Waals surface area contributed by atoms with Crippen molar-refractivity contribution in [2.75, 3.05) is 26.4 Å². The standard InChI is InChI=1S/C15H21NO3/c1-3-10-19-14-7-6-13(11-15(14)18-4-2)12-16-8-5-9-17/h1,6-7,11,16-17H,4-5,8-10,12H2,2H3. The van der Waals surface area contributed by atoms with Crippen molar-refractivity contribution in [2.45, 2.75) is 19.9 Å². The minimum absolute atomic E-state index is 0.204. The average Bonchev–Trinajstić information content (AvgIpc) is 2.43. The van der Waals surface area contributed by atoms with Crippen LogP contribution in [0.1, 0.15) is 18.9 Å². The third kappa shape index (κ3) is 5.64. The van der Waals surface area contributed by atoms with Gasteiger partial charge in [0.05, 0.1) is 6.61 Å². The number of hydrogen-bond donors (Lipinski definition) is 2. The van der Waals surface area contributed by atoms with E-state index < -0.39 is 0 Å². The van der Waals surface area contributed by atoms with Gasteiger partial charge in [0.25, 0.3) is 0 Å². The predicted octanol–water partition coefficient (Wildman–Crippen LogP) is 1.57. The zero-order valence-corrected chi connectivity index (χ0v) is 11.3. The minimum atomic E-state index is 0.204. The van der Waals surface area contributed by atoms with Crippen LogP contribution in [0.5, 0.6) is 11.5 Å². The van der Waals surface area contributed by atoms with Crippen molar-refractivity contribution >= 4 is 0 Å². The van der Waals surface area contributed by atoms with Gasteiger partial charge in [-0.15, -0.1) is 6.42 Å². The fourth-order valence-corrected chi connectivity index (χ4v) is 1.61. The van der Waals surface area contributed by atoms with E-state index in [1.54, 1.807) is 0 Å². The Morgan fingerprint density at radius 3 is 2.84 bits per heavy atom. The maximum atomic E-state index is 8.70. The molecule has 104 valence electrons. The largest absolute Gasteiger partial charge is 0.490 e. The first-order valence-electron chi connectivity index (χ1n) is 6.45. The molecule has 0 aliphatic carbocycles. The van der Waals surface area contributed by atoms with Crippen molar-refractivity contribution in [1.82, 2.24) is 5.32 Å². The van der Waals surface area contributed by atoms with Crippen LogP contribution in [0, 0.1) is 12.3 Å².